The summed E-state index contributed by atoms with van der Waals surface area (Å²) in [5, 5.41) is 10.3. The van der Waals surface area contributed by atoms with Crippen LogP contribution in [0.4, 0.5) is 0 Å². The number of hydrogen-bond donors (Lipinski definition) is 1. The van der Waals surface area contributed by atoms with Gasteiger partial charge in [-0.2, -0.15) is 0 Å². The summed E-state index contributed by atoms with van der Waals surface area (Å²) in [7, 11) is 0. The predicted octanol–water partition coefficient (Wildman–Crippen LogP) is 2.20. The van der Waals surface area contributed by atoms with Gasteiger partial charge in [0, 0.05) is 39.6 Å². The average Bonchev–Trinajstić information content (AvgIpc) is 2.53. The lowest BCUT2D eigenvalue weighted by molar-refractivity contribution is -0.130. The summed E-state index contributed by atoms with van der Waals surface area (Å²) in [5.74, 6) is 0.950. The largest absolute Gasteiger partial charge is 0.491 e. The number of β-amino-alcohol motifs (C(OH)–C–C–N with tert-alkyl or cyclic N) is 1. The number of aryl methyl sites for hydroxylation is 1. The van der Waals surface area contributed by atoms with Gasteiger partial charge in [0.05, 0.1) is 0 Å². The number of hydrogen-bond acceptors (Lipinski definition) is 4. The van der Waals surface area contributed by atoms with Crippen LogP contribution in [0.3, 0.4) is 0 Å². The number of benzene rings is 1. The summed E-state index contributed by atoms with van der Waals surface area (Å²) in [6.45, 7) is 14.1. The Bertz CT molecular complexity index is 587. The first kappa shape index (κ1) is 19.7. The summed E-state index contributed by atoms with van der Waals surface area (Å²) in [6, 6.07) is 6.24. The van der Waals surface area contributed by atoms with Gasteiger partial charge >= 0.3 is 0 Å². The highest BCUT2D eigenvalue weighted by molar-refractivity contribution is 5.73. The summed E-state index contributed by atoms with van der Waals surface area (Å²) in [4.78, 5) is 15.4. The molecule has 1 aliphatic heterocycles. The van der Waals surface area contributed by atoms with Crippen LogP contribution in [-0.2, 0) is 10.2 Å². The van der Waals surface area contributed by atoms with Crippen LogP contribution in [0.25, 0.3) is 0 Å². The first-order valence-corrected chi connectivity index (χ1v) is 9.06. The minimum Gasteiger partial charge on any atom is -0.491 e. The Kier molecular flexibility index (Phi) is 6.47. The zero-order valence-electron chi connectivity index (χ0n) is 16.2. The molecule has 1 N–H and O–H groups in total. The summed E-state index contributed by atoms with van der Waals surface area (Å²) >= 11 is 0. The number of ether oxygens (including phenoxy) is 1. The lowest BCUT2D eigenvalue weighted by atomic mass is 9.86. The van der Waals surface area contributed by atoms with Crippen LogP contribution in [0.1, 0.15) is 38.8 Å². The van der Waals surface area contributed by atoms with E-state index >= 15 is 0 Å². The highest BCUT2D eigenvalue weighted by Gasteiger charge is 2.21. The number of aliphatic hydroxyl groups excluding tert-OH is 1. The van der Waals surface area contributed by atoms with E-state index in [0.717, 1.165) is 37.5 Å². The van der Waals surface area contributed by atoms with Crippen molar-refractivity contribution in [3.05, 3.63) is 29.3 Å². The van der Waals surface area contributed by atoms with E-state index in [1.54, 1.807) is 6.92 Å². The molecule has 5 heteroatoms. The highest BCUT2D eigenvalue weighted by Crippen LogP contribution is 2.27. The van der Waals surface area contributed by atoms with Gasteiger partial charge in [-0.25, -0.2) is 0 Å². The molecule has 1 heterocycles. The highest BCUT2D eigenvalue weighted by atomic mass is 16.5. The summed E-state index contributed by atoms with van der Waals surface area (Å²) in [5.41, 5.74) is 2.49. The molecular weight excluding hydrogens is 316 g/mol. The van der Waals surface area contributed by atoms with Crippen molar-refractivity contribution in [2.24, 2.45) is 0 Å². The molecule has 0 aliphatic carbocycles. The molecule has 0 spiro atoms. The van der Waals surface area contributed by atoms with Crippen LogP contribution in [0, 0.1) is 6.92 Å². The first-order valence-electron chi connectivity index (χ1n) is 9.06. The number of amides is 1. The Hall–Kier alpha value is -1.59. The van der Waals surface area contributed by atoms with Crippen molar-refractivity contribution >= 4 is 5.91 Å². The predicted molar refractivity (Wildman–Crippen MR) is 100 cm³/mol. The second-order valence-corrected chi connectivity index (χ2v) is 8.00. The first-order chi connectivity index (χ1) is 11.7. The molecule has 2 rings (SSSR count). The summed E-state index contributed by atoms with van der Waals surface area (Å²) < 4.78 is 5.83. The third-order valence-electron chi connectivity index (χ3n) is 4.76. The maximum atomic E-state index is 11.3. The van der Waals surface area contributed by atoms with Gasteiger partial charge in [-0.15, -0.1) is 0 Å². The smallest absolute Gasteiger partial charge is 0.219 e. The van der Waals surface area contributed by atoms with Crippen molar-refractivity contribution in [3.8, 4) is 5.75 Å². The zero-order chi connectivity index (χ0) is 18.6. The van der Waals surface area contributed by atoms with Crippen LogP contribution in [-0.4, -0.2) is 66.2 Å². The third kappa shape index (κ3) is 5.72. The molecule has 140 valence electrons. The fourth-order valence-electron chi connectivity index (χ4n) is 3.06. The zero-order valence-corrected chi connectivity index (χ0v) is 16.2. The molecule has 1 aromatic rings. The van der Waals surface area contributed by atoms with Crippen molar-refractivity contribution in [3.63, 3.8) is 0 Å². The van der Waals surface area contributed by atoms with Gasteiger partial charge < -0.3 is 14.7 Å². The molecule has 25 heavy (non-hydrogen) atoms. The molecule has 1 aliphatic rings. The Morgan fingerprint density at radius 2 is 1.88 bits per heavy atom. The van der Waals surface area contributed by atoms with Gasteiger partial charge in [0.15, 0.2) is 0 Å². The minimum atomic E-state index is -0.537. The van der Waals surface area contributed by atoms with E-state index < -0.39 is 6.10 Å². The number of carbonyl (C=O) groups excluding carboxylic acids is 1. The normalized spacial score (nSPS) is 17.4. The number of aliphatic hydroxyl groups is 1. The van der Waals surface area contributed by atoms with E-state index in [1.165, 1.54) is 5.56 Å². The molecule has 0 radical (unpaired) electrons. The Morgan fingerprint density at radius 3 is 2.40 bits per heavy atom. The third-order valence-corrected chi connectivity index (χ3v) is 4.76. The van der Waals surface area contributed by atoms with Gasteiger partial charge in [0.25, 0.3) is 0 Å². The van der Waals surface area contributed by atoms with Crippen molar-refractivity contribution < 1.29 is 14.6 Å². The molecule has 1 unspecified atom stereocenters. The van der Waals surface area contributed by atoms with Crippen LogP contribution >= 0.6 is 0 Å². The molecule has 0 bridgehead atoms. The van der Waals surface area contributed by atoms with E-state index in [-0.39, 0.29) is 17.9 Å². The van der Waals surface area contributed by atoms with Crippen molar-refractivity contribution in [1.29, 1.82) is 0 Å². The van der Waals surface area contributed by atoms with Crippen LogP contribution in [0.2, 0.25) is 0 Å². The Morgan fingerprint density at radius 1 is 1.24 bits per heavy atom. The molecule has 0 aromatic heterocycles. The number of piperazine rings is 1. The lowest BCUT2D eigenvalue weighted by Gasteiger charge is -2.35. The van der Waals surface area contributed by atoms with Crippen molar-refractivity contribution in [2.45, 2.75) is 46.1 Å². The van der Waals surface area contributed by atoms with Crippen LogP contribution in [0.5, 0.6) is 5.75 Å². The minimum absolute atomic E-state index is 0.116. The lowest BCUT2D eigenvalue weighted by Crippen LogP contribution is -2.50. The average molecular weight is 348 g/mol. The maximum absolute atomic E-state index is 11.3. The van der Waals surface area contributed by atoms with E-state index in [1.807, 2.05) is 17.9 Å². The van der Waals surface area contributed by atoms with Crippen molar-refractivity contribution in [1.82, 2.24) is 9.80 Å². The van der Waals surface area contributed by atoms with E-state index in [2.05, 4.69) is 37.8 Å². The number of carbonyl (C=O) groups is 1. The van der Waals surface area contributed by atoms with Gasteiger partial charge in [0.2, 0.25) is 5.91 Å². The SMILES string of the molecule is CC(=O)N1CCN(CC(O)COc2ccc(C(C)(C)C)cc2C)CC1. The second-order valence-electron chi connectivity index (χ2n) is 8.00. The molecule has 1 saturated heterocycles. The van der Waals surface area contributed by atoms with Crippen LogP contribution in [0.15, 0.2) is 18.2 Å². The van der Waals surface area contributed by atoms with E-state index in [0.29, 0.717) is 6.54 Å². The topological polar surface area (TPSA) is 53.0 Å². The fraction of sp³-hybridized carbons (Fsp3) is 0.650. The molecule has 1 aromatic carbocycles. The molecule has 1 atom stereocenters. The fourth-order valence-corrected chi connectivity index (χ4v) is 3.06. The maximum Gasteiger partial charge on any atom is 0.219 e. The van der Waals surface area contributed by atoms with E-state index in [9.17, 15) is 9.90 Å². The molecule has 5 nitrogen and oxygen atoms in total. The number of rotatable bonds is 5. The van der Waals surface area contributed by atoms with Gasteiger partial charge in [-0.1, -0.05) is 32.9 Å². The van der Waals surface area contributed by atoms with E-state index in [4.69, 9.17) is 4.74 Å². The number of nitrogens with zero attached hydrogens (tertiary/aromatic N) is 2. The quantitative estimate of drug-likeness (QED) is 0.886. The monoisotopic (exact) mass is 348 g/mol. The Balaban J connectivity index is 1.80. The molecule has 1 amide bonds. The van der Waals surface area contributed by atoms with Gasteiger partial charge in [-0.3, -0.25) is 9.69 Å². The Labute approximate surface area is 151 Å². The second kappa shape index (κ2) is 8.19. The van der Waals surface area contributed by atoms with Gasteiger partial charge in [0.1, 0.15) is 18.5 Å². The molecule has 0 saturated carbocycles. The van der Waals surface area contributed by atoms with Crippen molar-refractivity contribution in [2.75, 3.05) is 39.3 Å². The molecular formula is C20H32N2O3. The standard InChI is InChI=1S/C20H32N2O3/c1-15-12-17(20(3,4)5)6-7-19(15)25-14-18(24)13-21-8-10-22(11-9-21)16(2)23/h6-7,12,18,24H,8-11,13-14H2,1-5H3. The summed E-state index contributed by atoms with van der Waals surface area (Å²) in [6.07, 6.45) is -0.537. The van der Waals surface area contributed by atoms with Gasteiger partial charge in [-0.05, 0) is 29.5 Å². The van der Waals surface area contributed by atoms with Crippen LogP contribution < -0.4 is 4.74 Å². The molecule has 1 fully saturated rings.